The van der Waals surface area contributed by atoms with Crippen molar-refractivity contribution in [2.45, 2.75) is 13.3 Å². The van der Waals surface area contributed by atoms with Crippen molar-refractivity contribution in [2.75, 3.05) is 11.9 Å². The summed E-state index contributed by atoms with van der Waals surface area (Å²) in [5.41, 5.74) is 1.09. The van der Waals surface area contributed by atoms with E-state index in [1.807, 2.05) is 13.0 Å². The Bertz CT molecular complexity index is 531. The minimum atomic E-state index is -0.383. The molecule has 98 valence electrons. The first-order valence-electron chi connectivity index (χ1n) is 6.07. The molecule has 0 unspecified atom stereocenters. The zero-order valence-electron chi connectivity index (χ0n) is 10.6. The average Bonchev–Trinajstić information content (AvgIpc) is 3.14. The molecule has 1 fully saturated rings. The molecule has 0 radical (unpaired) electrons. The number of anilines is 1. The average molecular weight is 258 g/mol. The van der Waals surface area contributed by atoms with Gasteiger partial charge in [0.1, 0.15) is 0 Å². The highest BCUT2D eigenvalue weighted by molar-refractivity contribution is 5.93. The van der Waals surface area contributed by atoms with Crippen LogP contribution in [0.5, 0.6) is 0 Å². The van der Waals surface area contributed by atoms with Gasteiger partial charge < -0.3 is 10.1 Å². The Labute approximate surface area is 111 Å². The van der Waals surface area contributed by atoms with Crippen molar-refractivity contribution < 1.29 is 14.3 Å². The number of esters is 1. The van der Waals surface area contributed by atoms with E-state index in [0.29, 0.717) is 17.2 Å². The SMILES string of the molecule is C[C@H]1C[C@@H]1C(=O)OCC(=O)Nc1ccc(C#N)cc1. The largest absolute Gasteiger partial charge is 0.455 e. The molecule has 19 heavy (non-hydrogen) atoms. The van der Waals surface area contributed by atoms with E-state index in [-0.39, 0.29) is 24.4 Å². The minimum Gasteiger partial charge on any atom is -0.455 e. The first-order valence-corrected chi connectivity index (χ1v) is 6.07. The van der Waals surface area contributed by atoms with Gasteiger partial charge in [-0.25, -0.2) is 0 Å². The van der Waals surface area contributed by atoms with Gasteiger partial charge in [0, 0.05) is 5.69 Å². The van der Waals surface area contributed by atoms with Gasteiger partial charge in [-0.1, -0.05) is 6.92 Å². The molecule has 1 saturated carbocycles. The van der Waals surface area contributed by atoms with Crippen LogP contribution >= 0.6 is 0 Å². The van der Waals surface area contributed by atoms with Gasteiger partial charge in [-0.3, -0.25) is 9.59 Å². The van der Waals surface area contributed by atoms with Crippen LogP contribution < -0.4 is 5.32 Å². The van der Waals surface area contributed by atoms with E-state index in [1.54, 1.807) is 24.3 Å². The fourth-order valence-corrected chi connectivity index (χ4v) is 1.72. The fourth-order valence-electron chi connectivity index (χ4n) is 1.72. The van der Waals surface area contributed by atoms with Crippen LogP contribution in [-0.4, -0.2) is 18.5 Å². The van der Waals surface area contributed by atoms with Gasteiger partial charge in [0.25, 0.3) is 5.91 Å². The summed E-state index contributed by atoms with van der Waals surface area (Å²) in [6.07, 6.45) is 0.843. The maximum Gasteiger partial charge on any atom is 0.309 e. The molecule has 0 spiro atoms. The number of amides is 1. The molecule has 0 aliphatic heterocycles. The van der Waals surface area contributed by atoms with Crippen molar-refractivity contribution in [1.82, 2.24) is 0 Å². The van der Waals surface area contributed by atoms with Gasteiger partial charge in [0.15, 0.2) is 6.61 Å². The molecular formula is C14H14N2O3. The molecule has 0 aromatic heterocycles. The number of ether oxygens (including phenoxy) is 1. The van der Waals surface area contributed by atoms with Gasteiger partial charge in [-0.05, 0) is 36.6 Å². The second-order valence-corrected chi connectivity index (χ2v) is 4.66. The molecule has 0 bridgehead atoms. The van der Waals surface area contributed by atoms with Gasteiger partial charge >= 0.3 is 5.97 Å². The van der Waals surface area contributed by atoms with Gasteiger partial charge in [-0.2, -0.15) is 5.26 Å². The summed E-state index contributed by atoms with van der Waals surface area (Å²) < 4.78 is 4.91. The van der Waals surface area contributed by atoms with E-state index in [4.69, 9.17) is 10.00 Å². The number of hydrogen-bond donors (Lipinski definition) is 1. The van der Waals surface area contributed by atoms with Crippen LogP contribution in [0.1, 0.15) is 18.9 Å². The Morgan fingerprint density at radius 3 is 2.58 bits per heavy atom. The molecule has 5 nitrogen and oxygen atoms in total. The highest BCUT2D eigenvalue weighted by atomic mass is 16.5. The first-order chi connectivity index (χ1) is 9.10. The molecule has 1 amide bonds. The number of nitriles is 1. The molecule has 1 aromatic rings. The van der Waals surface area contributed by atoms with E-state index in [9.17, 15) is 9.59 Å². The summed E-state index contributed by atoms with van der Waals surface area (Å²) in [5, 5.41) is 11.2. The summed E-state index contributed by atoms with van der Waals surface area (Å²) in [6, 6.07) is 8.45. The molecule has 5 heteroatoms. The molecule has 0 saturated heterocycles. The number of hydrogen-bond acceptors (Lipinski definition) is 4. The normalized spacial score (nSPS) is 20.2. The lowest BCUT2D eigenvalue weighted by Gasteiger charge is -2.06. The van der Waals surface area contributed by atoms with E-state index in [1.165, 1.54) is 0 Å². The number of carbonyl (C=O) groups is 2. The lowest BCUT2D eigenvalue weighted by molar-refractivity contribution is -0.148. The second kappa shape index (κ2) is 5.53. The zero-order chi connectivity index (χ0) is 13.8. The van der Waals surface area contributed by atoms with E-state index < -0.39 is 0 Å². The Hall–Kier alpha value is -2.35. The van der Waals surface area contributed by atoms with E-state index in [2.05, 4.69) is 5.32 Å². The van der Waals surface area contributed by atoms with E-state index >= 15 is 0 Å². The summed E-state index contributed by atoms with van der Waals surface area (Å²) in [5.74, 6) is -0.356. The minimum absolute atomic E-state index is 0.0392. The molecule has 1 aliphatic carbocycles. The molecule has 2 rings (SSSR count). The predicted octanol–water partition coefficient (Wildman–Crippen LogP) is 1.70. The number of carbonyl (C=O) groups excluding carboxylic acids is 2. The molecule has 1 N–H and O–H groups in total. The monoisotopic (exact) mass is 258 g/mol. The van der Waals surface area contributed by atoms with Crippen molar-refractivity contribution in [3.8, 4) is 6.07 Å². The lowest BCUT2D eigenvalue weighted by atomic mass is 10.2. The lowest BCUT2D eigenvalue weighted by Crippen LogP contribution is -2.21. The molecule has 1 aliphatic rings. The third-order valence-electron chi connectivity index (χ3n) is 3.06. The molecule has 1 aromatic carbocycles. The number of nitrogens with one attached hydrogen (secondary N) is 1. The molecule has 2 atom stereocenters. The second-order valence-electron chi connectivity index (χ2n) is 4.66. The van der Waals surface area contributed by atoms with Crippen LogP contribution in [0.4, 0.5) is 5.69 Å². The van der Waals surface area contributed by atoms with Crippen LogP contribution in [0.15, 0.2) is 24.3 Å². The fraction of sp³-hybridized carbons (Fsp3) is 0.357. The van der Waals surface area contributed by atoms with Gasteiger partial charge in [0.05, 0.1) is 17.6 Å². The Kier molecular flexibility index (Phi) is 3.81. The van der Waals surface area contributed by atoms with Gasteiger partial charge in [-0.15, -0.1) is 0 Å². The van der Waals surface area contributed by atoms with Crippen molar-refractivity contribution in [3.05, 3.63) is 29.8 Å². The maximum absolute atomic E-state index is 11.5. The van der Waals surface area contributed by atoms with Crippen LogP contribution in [0, 0.1) is 23.2 Å². The predicted molar refractivity (Wildman–Crippen MR) is 68.0 cm³/mol. The topological polar surface area (TPSA) is 79.2 Å². The maximum atomic E-state index is 11.5. The van der Waals surface area contributed by atoms with Crippen molar-refractivity contribution in [2.24, 2.45) is 11.8 Å². The van der Waals surface area contributed by atoms with Gasteiger partial charge in [0.2, 0.25) is 0 Å². The summed E-state index contributed by atoms with van der Waals surface area (Å²) in [7, 11) is 0. The molecular weight excluding hydrogens is 244 g/mol. The standard InChI is InChI=1S/C14H14N2O3/c1-9-6-12(9)14(18)19-8-13(17)16-11-4-2-10(7-15)3-5-11/h2-5,9,12H,6,8H2,1H3,(H,16,17)/t9-,12-/m0/s1. The summed E-state index contributed by atoms with van der Waals surface area (Å²) in [4.78, 5) is 23.0. The first kappa shape index (κ1) is 13.1. The van der Waals surface area contributed by atoms with Crippen molar-refractivity contribution >= 4 is 17.6 Å². The number of nitrogens with zero attached hydrogens (tertiary/aromatic N) is 1. The summed E-state index contributed by atoms with van der Waals surface area (Å²) in [6.45, 7) is 1.70. The van der Waals surface area contributed by atoms with Crippen molar-refractivity contribution in [3.63, 3.8) is 0 Å². The third-order valence-corrected chi connectivity index (χ3v) is 3.06. The third kappa shape index (κ3) is 3.55. The zero-order valence-corrected chi connectivity index (χ0v) is 10.6. The number of rotatable bonds is 4. The highest BCUT2D eigenvalue weighted by Gasteiger charge is 2.40. The Balaban J connectivity index is 1.77. The highest BCUT2D eigenvalue weighted by Crippen LogP contribution is 2.38. The van der Waals surface area contributed by atoms with E-state index in [0.717, 1.165) is 6.42 Å². The quantitative estimate of drug-likeness (QED) is 0.833. The molecule has 0 heterocycles. The smallest absolute Gasteiger partial charge is 0.309 e. The number of benzene rings is 1. The van der Waals surface area contributed by atoms with Crippen LogP contribution in [0.3, 0.4) is 0 Å². The summed E-state index contributed by atoms with van der Waals surface area (Å²) >= 11 is 0. The van der Waals surface area contributed by atoms with Crippen LogP contribution in [0.25, 0.3) is 0 Å². The van der Waals surface area contributed by atoms with Crippen molar-refractivity contribution in [1.29, 1.82) is 5.26 Å². The van der Waals surface area contributed by atoms with Crippen LogP contribution in [0.2, 0.25) is 0 Å². The Morgan fingerprint density at radius 1 is 1.42 bits per heavy atom. The Morgan fingerprint density at radius 2 is 2.05 bits per heavy atom. The van der Waals surface area contributed by atoms with Crippen LogP contribution in [-0.2, 0) is 14.3 Å².